The molecule has 0 bridgehead atoms. The number of aryl methyl sites for hydroxylation is 2. The second-order valence-corrected chi connectivity index (χ2v) is 7.68. The number of carbonyl (C=O) groups is 2. The number of halogens is 2. The molecule has 1 atom stereocenters. The largest absolute Gasteiger partial charge is 0.483 e. The molecule has 1 unspecified atom stereocenters. The van der Waals surface area contributed by atoms with Gasteiger partial charge in [-0.15, -0.1) is 0 Å². The van der Waals surface area contributed by atoms with Crippen LogP contribution >= 0.6 is 31.9 Å². The highest BCUT2D eigenvalue weighted by atomic mass is 79.9. The van der Waals surface area contributed by atoms with Crippen LogP contribution in [0, 0.1) is 13.8 Å². The minimum Gasteiger partial charge on any atom is -0.483 e. The maximum absolute atomic E-state index is 12.1. The van der Waals surface area contributed by atoms with Gasteiger partial charge in [0.05, 0.1) is 4.47 Å². The topological polar surface area (TPSA) is 76.7 Å². The molecule has 0 aliphatic carbocycles. The van der Waals surface area contributed by atoms with E-state index in [1.807, 2.05) is 26.0 Å². The van der Waals surface area contributed by atoms with E-state index in [1.165, 1.54) is 0 Å². The fraction of sp³-hybridized carbons (Fsp3) is 0.263. The van der Waals surface area contributed by atoms with Crippen molar-refractivity contribution in [2.24, 2.45) is 0 Å². The summed E-state index contributed by atoms with van der Waals surface area (Å²) in [6.07, 6.45) is -0.769. The number of hydrazine groups is 1. The van der Waals surface area contributed by atoms with Gasteiger partial charge in [-0.2, -0.15) is 0 Å². The molecule has 8 heteroatoms. The zero-order chi connectivity index (χ0) is 20.0. The van der Waals surface area contributed by atoms with E-state index in [2.05, 4.69) is 42.7 Å². The quantitative estimate of drug-likeness (QED) is 0.592. The Hall–Kier alpha value is -2.06. The van der Waals surface area contributed by atoms with Gasteiger partial charge in [0.2, 0.25) is 0 Å². The molecule has 0 aromatic heterocycles. The Morgan fingerprint density at radius 1 is 1.04 bits per heavy atom. The lowest BCUT2D eigenvalue weighted by Gasteiger charge is -2.16. The first-order valence-electron chi connectivity index (χ1n) is 8.16. The number of hydrogen-bond acceptors (Lipinski definition) is 4. The van der Waals surface area contributed by atoms with Crippen LogP contribution in [0.25, 0.3) is 0 Å². The molecular weight excluding hydrogens is 480 g/mol. The molecule has 0 fully saturated rings. The number of hydrogen-bond donors (Lipinski definition) is 2. The highest BCUT2D eigenvalue weighted by molar-refractivity contribution is 9.11. The summed E-state index contributed by atoms with van der Waals surface area (Å²) in [5, 5.41) is 0. The molecule has 2 rings (SSSR count). The van der Waals surface area contributed by atoms with Crippen LogP contribution < -0.4 is 20.3 Å². The summed E-state index contributed by atoms with van der Waals surface area (Å²) in [6, 6.07) is 10.9. The Bertz CT molecular complexity index is 842. The lowest BCUT2D eigenvalue weighted by Crippen LogP contribution is -2.48. The molecule has 0 radical (unpaired) electrons. The average molecular weight is 500 g/mol. The van der Waals surface area contributed by atoms with Crippen molar-refractivity contribution >= 4 is 43.7 Å². The van der Waals surface area contributed by atoms with Crippen molar-refractivity contribution in [3.05, 3.63) is 56.5 Å². The van der Waals surface area contributed by atoms with Crippen molar-refractivity contribution in [2.75, 3.05) is 6.61 Å². The molecule has 27 heavy (non-hydrogen) atoms. The Kier molecular flexibility index (Phi) is 7.67. The molecule has 0 aliphatic heterocycles. The van der Waals surface area contributed by atoms with Crippen molar-refractivity contribution in [1.29, 1.82) is 0 Å². The zero-order valence-corrected chi connectivity index (χ0v) is 18.3. The minimum atomic E-state index is -0.769. The van der Waals surface area contributed by atoms with Crippen LogP contribution in [0.2, 0.25) is 0 Å². The summed E-state index contributed by atoms with van der Waals surface area (Å²) < 4.78 is 12.6. The van der Waals surface area contributed by atoms with Crippen molar-refractivity contribution in [1.82, 2.24) is 10.9 Å². The minimum absolute atomic E-state index is 0.243. The summed E-state index contributed by atoms with van der Waals surface area (Å²) in [6.45, 7) is 5.33. The van der Waals surface area contributed by atoms with Gasteiger partial charge < -0.3 is 9.47 Å². The van der Waals surface area contributed by atoms with Crippen molar-refractivity contribution < 1.29 is 19.1 Å². The molecule has 144 valence electrons. The van der Waals surface area contributed by atoms with Gasteiger partial charge in [-0.25, -0.2) is 0 Å². The van der Waals surface area contributed by atoms with Crippen LogP contribution in [-0.4, -0.2) is 24.5 Å². The van der Waals surface area contributed by atoms with E-state index in [4.69, 9.17) is 9.47 Å². The van der Waals surface area contributed by atoms with Gasteiger partial charge >= 0.3 is 0 Å². The normalized spacial score (nSPS) is 11.4. The molecule has 2 amide bonds. The standard InChI is InChI=1S/C19H20Br2N2O4/c1-11-4-6-15(8-12(11)2)27-13(3)19(25)23-22-18(24)10-26-17-7-5-14(20)9-16(17)21/h4-9,13H,10H2,1-3H3,(H,22,24)(H,23,25). The molecule has 0 saturated heterocycles. The van der Waals surface area contributed by atoms with Crippen molar-refractivity contribution in [3.63, 3.8) is 0 Å². The first-order valence-corrected chi connectivity index (χ1v) is 9.75. The van der Waals surface area contributed by atoms with Crippen LogP contribution in [0.15, 0.2) is 45.3 Å². The first kappa shape index (κ1) is 21.2. The second-order valence-electron chi connectivity index (χ2n) is 5.91. The maximum atomic E-state index is 12.1. The van der Waals surface area contributed by atoms with Crippen molar-refractivity contribution in [2.45, 2.75) is 26.9 Å². The van der Waals surface area contributed by atoms with E-state index >= 15 is 0 Å². The van der Waals surface area contributed by atoms with Gasteiger partial charge in [0.15, 0.2) is 12.7 Å². The molecule has 0 heterocycles. The predicted octanol–water partition coefficient (Wildman–Crippen LogP) is 3.82. The molecule has 2 N–H and O–H groups in total. The average Bonchev–Trinajstić information content (AvgIpc) is 2.62. The lowest BCUT2D eigenvalue weighted by atomic mass is 10.1. The fourth-order valence-electron chi connectivity index (χ4n) is 2.05. The van der Waals surface area contributed by atoms with E-state index in [0.29, 0.717) is 16.0 Å². The molecule has 0 saturated carbocycles. The number of benzene rings is 2. The summed E-state index contributed by atoms with van der Waals surface area (Å²) in [7, 11) is 0. The third kappa shape index (κ3) is 6.55. The third-order valence-electron chi connectivity index (χ3n) is 3.74. The second kappa shape index (κ2) is 9.75. The van der Waals surface area contributed by atoms with E-state index < -0.39 is 17.9 Å². The summed E-state index contributed by atoms with van der Waals surface area (Å²) in [5.41, 5.74) is 6.84. The Balaban J connectivity index is 1.78. The van der Waals surface area contributed by atoms with Gasteiger partial charge in [0, 0.05) is 4.47 Å². The molecule has 2 aromatic rings. The van der Waals surface area contributed by atoms with E-state index in [9.17, 15) is 9.59 Å². The van der Waals surface area contributed by atoms with Crippen LogP contribution in [0.4, 0.5) is 0 Å². The summed E-state index contributed by atoms with van der Waals surface area (Å²) >= 11 is 6.68. The number of carbonyl (C=O) groups excluding carboxylic acids is 2. The predicted molar refractivity (Wildman–Crippen MR) is 110 cm³/mol. The number of nitrogens with one attached hydrogen (secondary N) is 2. The van der Waals surface area contributed by atoms with Gasteiger partial charge in [-0.1, -0.05) is 22.0 Å². The molecule has 0 aliphatic rings. The molecule has 6 nitrogen and oxygen atoms in total. The van der Waals surface area contributed by atoms with Gasteiger partial charge in [-0.05, 0) is 78.2 Å². The first-order chi connectivity index (χ1) is 12.8. The van der Waals surface area contributed by atoms with Crippen LogP contribution in [0.1, 0.15) is 18.1 Å². The summed E-state index contributed by atoms with van der Waals surface area (Å²) in [5.74, 6) is 0.157. The van der Waals surface area contributed by atoms with Gasteiger partial charge in [0.1, 0.15) is 11.5 Å². The molecule has 0 spiro atoms. The Morgan fingerprint density at radius 3 is 2.44 bits per heavy atom. The third-order valence-corrected chi connectivity index (χ3v) is 4.85. The monoisotopic (exact) mass is 498 g/mol. The Morgan fingerprint density at radius 2 is 1.78 bits per heavy atom. The fourth-order valence-corrected chi connectivity index (χ4v) is 3.21. The number of amides is 2. The van der Waals surface area contributed by atoms with Crippen LogP contribution in [0.5, 0.6) is 11.5 Å². The van der Waals surface area contributed by atoms with Crippen LogP contribution in [-0.2, 0) is 9.59 Å². The number of ether oxygens (including phenoxy) is 2. The zero-order valence-electron chi connectivity index (χ0n) is 15.1. The van der Waals surface area contributed by atoms with Gasteiger partial charge in [-0.3, -0.25) is 20.4 Å². The molecular formula is C19H20Br2N2O4. The highest BCUT2D eigenvalue weighted by Gasteiger charge is 2.16. The van der Waals surface area contributed by atoms with Crippen LogP contribution in [0.3, 0.4) is 0 Å². The summed E-state index contributed by atoms with van der Waals surface area (Å²) in [4.78, 5) is 23.9. The number of rotatable bonds is 6. The van der Waals surface area contributed by atoms with E-state index in [-0.39, 0.29) is 6.61 Å². The lowest BCUT2D eigenvalue weighted by molar-refractivity contribution is -0.133. The molecule has 2 aromatic carbocycles. The highest BCUT2D eigenvalue weighted by Crippen LogP contribution is 2.28. The van der Waals surface area contributed by atoms with Gasteiger partial charge in [0.25, 0.3) is 11.8 Å². The maximum Gasteiger partial charge on any atom is 0.279 e. The van der Waals surface area contributed by atoms with Crippen molar-refractivity contribution in [3.8, 4) is 11.5 Å². The van der Waals surface area contributed by atoms with E-state index in [0.717, 1.165) is 15.6 Å². The smallest absolute Gasteiger partial charge is 0.279 e. The SMILES string of the molecule is Cc1ccc(OC(C)C(=O)NNC(=O)COc2ccc(Br)cc2Br)cc1C. The Labute approximate surface area is 174 Å². The van der Waals surface area contributed by atoms with E-state index in [1.54, 1.807) is 31.2 Å².